The Kier molecular flexibility index (Phi) is 4.41. The van der Waals surface area contributed by atoms with E-state index in [4.69, 9.17) is 0 Å². The van der Waals surface area contributed by atoms with Crippen molar-refractivity contribution in [3.8, 4) is 0 Å². The maximum atomic E-state index is 3.73. The fourth-order valence-corrected chi connectivity index (χ4v) is 2.64. The molecule has 0 spiro atoms. The van der Waals surface area contributed by atoms with E-state index in [0.29, 0.717) is 0 Å². The first-order valence-electron chi connectivity index (χ1n) is 6.63. The Morgan fingerprint density at radius 3 is 2.62 bits per heavy atom. The summed E-state index contributed by atoms with van der Waals surface area (Å²) in [6, 6.07) is 11.4. The van der Waals surface area contributed by atoms with Crippen molar-refractivity contribution >= 4 is 0 Å². The molecule has 0 radical (unpaired) electrons. The van der Waals surface area contributed by atoms with E-state index in [0.717, 1.165) is 18.5 Å². The van der Waals surface area contributed by atoms with E-state index in [1.165, 1.54) is 37.7 Å². The van der Waals surface area contributed by atoms with Gasteiger partial charge in [0.25, 0.3) is 0 Å². The van der Waals surface area contributed by atoms with Crippen molar-refractivity contribution < 1.29 is 0 Å². The van der Waals surface area contributed by atoms with Crippen molar-refractivity contribution in [1.82, 2.24) is 5.32 Å². The van der Waals surface area contributed by atoms with Gasteiger partial charge in [-0.15, -0.1) is 0 Å². The van der Waals surface area contributed by atoms with E-state index >= 15 is 0 Å². The standard InChI is InChI=1S/C15H23N/c1-13-8-4-2-7-11-15(13)16-12-14-9-5-3-6-10-14/h3,5-6,9-10,13,15-16H,2,4,7-8,11-12H2,1H3/t13-,15+/m0/s1. The monoisotopic (exact) mass is 217 g/mol. The Labute approximate surface area is 99.3 Å². The van der Waals surface area contributed by atoms with E-state index in [1.54, 1.807) is 0 Å². The van der Waals surface area contributed by atoms with Crippen LogP contribution in [-0.2, 0) is 6.54 Å². The third kappa shape index (κ3) is 3.34. The van der Waals surface area contributed by atoms with E-state index in [1.807, 2.05) is 0 Å². The van der Waals surface area contributed by atoms with Crippen molar-refractivity contribution in [2.75, 3.05) is 0 Å². The highest BCUT2D eigenvalue weighted by Gasteiger charge is 2.18. The molecule has 1 fully saturated rings. The highest BCUT2D eigenvalue weighted by molar-refractivity contribution is 5.14. The van der Waals surface area contributed by atoms with Gasteiger partial charge in [-0.1, -0.05) is 56.5 Å². The molecule has 0 amide bonds. The quantitative estimate of drug-likeness (QED) is 0.760. The average molecular weight is 217 g/mol. The molecule has 0 unspecified atom stereocenters. The lowest BCUT2D eigenvalue weighted by Crippen LogP contribution is -2.33. The summed E-state index contributed by atoms with van der Waals surface area (Å²) in [7, 11) is 0. The SMILES string of the molecule is C[C@H]1CCCCC[C@H]1NCc1ccccc1. The Balaban J connectivity index is 1.84. The summed E-state index contributed by atoms with van der Waals surface area (Å²) in [5, 5.41) is 3.73. The van der Waals surface area contributed by atoms with Crippen molar-refractivity contribution in [2.24, 2.45) is 5.92 Å². The van der Waals surface area contributed by atoms with E-state index < -0.39 is 0 Å². The summed E-state index contributed by atoms with van der Waals surface area (Å²) in [6.45, 7) is 3.42. The molecule has 0 aliphatic heterocycles. The Morgan fingerprint density at radius 2 is 1.81 bits per heavy atom. The van der Waals surface area contributed by atoms with E-state index in [9.17, 15) is 0 Å². The van der Waals surface area contributed by atoms with Crippen molar-refractivity contribution in [3.05, 3.63) is 35.9 Å². The molecule has 1 heteroatoms. The second-order valence-electron chi connectivity index (χ2n) is 5.09. The molecule has 1 aromatic carbocycles. The number of hydrogen-bond acceptors (Lipinski definition) is 1. The molecule has 1 aliphatic carbocycles. The molecule has 88 valence electrons. The third-order valence-corrected chi connectivity index (χ3v) is 3.77. The van der Waals surface area contributed by atoms with Crippen LogP contribution in [0.25, 0.3) is 0 Å². The summed E-state index contributed by atoms with van der Waals surface area (Å²) in [5.74, 6) is 0.839. The zero-order valence-electron chi connectivity index (χ0n) is 10.3. The molecule has 0 heterocycles. The molecule has 1 N–H and O–H groups in total. The lowest BCUT2D eigenvalue weighted by atomic mass is 9.97. The molecule has 0 bridgehead atoms. The first kappa shape index (κ1) is 11.7. The summed E-state index contributed by atoms with van der Waals surface area (Å²) in [4.78, 5) is 0. The maximum absolute atomic E-state index is 3.73. The lowest BCUT2D eigenvalue weighted by Gasteiger charge is -2.22. The summed E-state index contributed by atoms with van der Waals surface area (Å²) < 4.78 is 0. The molecule has 1 saturated carbocycles. The molecule has 1 aliphatic rings. The van der Waals surface area contributed by atoms with Crippen molar-refractivity contribution in [1.29, 1.82) is 0 Å². The van der Waals surface area contributed by atoms with Crippen LogP contribution in [0.15, 0.2) is 30.3 Å². The predicted octanol–water partition coefficient (Wildman–Crippen LogP) is 3.75. The van der Waals surface area contributed by atoms with Crippen molar-refractivity contribution in [3.63, 3.8) is 0 Å². The van der Waals surface area contributed by atoms with Gasteiger partial charge in [-0.05, 0) is 24.3 Å². The second kappa shape index (κ2) is 6.05. The lowest BCUT2D eigenvalue weighted by molar-refractivity contribution is 0.356. The van der Waals surface area contributed by atoms with Crippen LogP contribution >= 0.6 is 0 Å². The van der Waals surface area contributed by atoms with Crippen LogP contribution in [-0.4, -0.2) is 6.04 Å². The van der Waals surface area contributed by atoms with Crippen LogP contribution in [0, 0.1) is 5.92 Å². The van der Waals surface area contributed by atoms with Gasteiger partial charge in [-0.25, -0.2) is 0 Å². The van der Waals surface area contributed by atoms with Gasteiger partial charge >= 0.3 is 0 Å². The van der Waals surface area contributed by atoms with Crippen LogP contribution in [0.5, 0.6) is 0 Å². The number of nitrogens with one attached hydrogen (secondary N) is 1. The summed E-state index contributed by atoms with van der Waals surface area (Å²) >= 11 is 0. The minimum Gasteiger partial charge on any atom is -0.310 e. The number of benzene rings is 1. The van der Waals surface area contributed by atoms with Crippen LogP contribution in [0.1, 0.15) is 44.6 Å². The highest BCUT2D eigenvalue weighted by Crippen LogP contribution is 2.23. The fourth-order valence-electron chi connectivity index (χ4n) is 2.64. The fraction of sp³-hybridized carbons (Fsp3) is 0.600. The molecule has 2 rings (SSSR count). The van der Waals surface area contributed by atoms with E-state index in [2.05, 4.69) is 42.6 Å². The zero-order chi connectivity index (χ0) is 11.2. The molecule has 2 atom stereocenters. The molecular weight excluding hydrogens is 194 g/mol. The molecule has 16 heavy (non-hydrogen) atoms. The topological polar surface area (TPSA) is 12.0 Å². The van der Waals surface area contributed by atoms with Gasteiger partial charge < -0.3 is 5.32 Å². The van der Waals surface area contributed by atoms with Crippen LogP contribution < -0.4 is 5.32 Å². The first-order valence-corrected chi connectivity index (χ1v) is 6.63. The van der Waals surface area contributed by atoms with Crippen molar-refractivity contribution in [2.45, 2.75) is 51.6 Å². The minimum atomic E-state index is 0.725. The molecule has 1 aromatic rings. The second-order valence-corrected chi connectivity index (χ2v) is 5.09. The highest BCUT2D eigenvalue weighted by atomic mass is 14.9. The average Bonchev–Trinajstić information content (AvgIpc) is 2.53. The molecular formula is C15H23N. The molecule has 1 nitrogen and oxygen atoms in total. The minimum absolute atomic E-state index is 0.725. The van der Waals surface area contributed by atoms with Gasteiger partial charge in [-0.2, -0.15) is 0 Å². The molecule has 0 aromatic heterocycles. The predicted molar refractivity (Wildman–Crippen MR) is 69.3 cm³/mol. The number of hydrogen-bond donors (Lipinski definition) is 1. The van der Waals surface area contributed by atoms with Gasteiger partial charge in [-0.3, -0.25) is 0 Å². The normalized spacial score (nSPS) is 26.3. The van der Waals surface area contributed by atoms with Gasteiger partial charge in [0.05, 0.1) is 0 Å². The summed E-state index contributed by atoms with van der Waals surface area (Å²) in [6.07, 6.45) is 7.00. The maximum Gasteiger partial charge on any atom is 0.0208 e. The van der Waals surface area contributed by atoms with Crippen LogP contribution in [0.4, 0.5) is 0 Å². The number of rotatable bonds is 3. The van der Waals surface area contributed by atoms with E-state index in [-0.39, 0.29) is 0 Å². The smallest absolute Gasteiger partial charge is 0.0208 e. The van der Waals surface area contributed by atoms with Gasteiger partial charge in [0.1, 0.15) is 0 Å². The Hall–Kier alpha value is -0.820. The molecule has 0 saturated heterocycles. The largest absolute Gasteiger partial charge is 0.310 e. The van der Waals surface area contributed by atoms with Gasteiger partial charge in [0.2, 0.25) is 0 Å². The van der Waals surface area contributed by atoms with Crippen LogP contribution in [0.2, 0.25) is 0 Å². The Morgan fingerprint density at radius 1 is 1.06 bits per heavy atom. The Bertz CT molecular complexity index is 294. The summed E-state index contributed by atoms with van der Waals surface area (Å²) in [5.41, 5.74) is 1.40. The van der Waals surface area contributed by atoms with Gasteiger partial charge in [0, 0.05) is 12.6 Å². The first-order chi connectivity index (χ1) is 7.86. The zero-order valence-corrected chi connectivity index (χ0v) is 10.3. The van der Waals surface area contributed by atoms with Crippen LogP contribution in [0.3, 0.4) is 0 Å². The third-order valence-electron chi connectivity index (χ3n) is 3.77. The van der Waals surface area contributed by atoms with Gasteiger partial charge in [0.15, 0.2) is 0 Å².